The van der Waals surface area contributed by atoms with E-state index >= 15 is 0 Å². The largest absolute Gasteiger partial charge is 0.493 e. The third kappa shape index (κ3) is 7.02. The maximum Gasteiger partial charge on any atom is 0.234 e. The quantitative estimate of drug-likeness (QED) is 0.681. The first-order chi connectivity index (χ1) is 12.2. The first-order valence-corrected chi connectivity index (χ1v) is 9.00. The molecule has 2 rings (SSSR count). The Morgan fingerprint density at radius 3 is 2.50 bits per heavy atom. The third-order valence-electron chi connectivity index (χ3n) is 4.81. The summed E-state index contributed by atoms with van der Waals surface area (Å²) in [5.41, 5.74) is 0.997. The Hall–Kier alpha value is -1.50. The summed E-state index contributed by atoms with van der Waals surface area (Å²) < 4.78 is 10.5. The van der Waals surface area contributed by atoms with E-state index in [-0.39, 0.29) is 18.3 Å². The van der Waals surface area contributed by atoms with Crippen molar-refractivity contribution in [2.45, 2.75) is 25.8 Å². The first kappa shape index (κ1) is 22.5. The molecule has 2 N–H and O–H groups in total. The smallest absolute Gasteiger partial charge is 0.234 e. The van der Waals surface area contributed by atoms with Gasteiger partial charge < -0.3 is 20.1 Å². The first-order valence-electron chi connectivity index (χ1n) is 9.00. The summed E-state index contributed by atoms with van der Waals surface area (Å²) >= 11 is 0. The number of hydrogen-bond donors (Lipinski definition) is 2. The van der Waals surface area contributed by atoms with Gasteiger partial charge in [0, 0.05) is 6.54 Å². The molecule has 0 spiro atoms. The number of rotatable bonds is 9. The third-order valence-corrected chi connectivity index (χ3v) is 4.81. The van der Waals surface area contributed by atoms with Gasteiger partial charge in [0.1, 0.15) is 0 Å². The molecule has 0 unspecified atom stereocenters. The number of methoxy groups -OCH3 is 2. The zero-order valence-corrected chi connectivity index (χ0v) is 16.9. The fourth-order valence-corrected chi connectivity index (χ4v) is 3.23. The van der Waals surface area contributed by atoms with E-state index in [1.807, 2.05) is 25.2 Å². The van der Waals surface area contributed by atoms with Crippen LogP contribution in [-0.2, 0) is 11.3 Å². The van der Waals surface area contributed by atoms with Crippen LogP contribution in [-0.4, -0.2) is 58.3 Å². The van der Waals surface area contributed by atoms with E-state index < -0.39 is 0 Å². The molecule has 0 aliphatic carbocycles. The van der Waals surface area contributed by atoms with E-state index in [9.17, 15) is 4.79 Å². The minimum atomic E-state index is 0. The van der Waals surface area contributed by atoms with Crippen LogP contribution in [0.5, 0.6) is 11.5 Å². The monoisotopic (exact) mass is 385 g/mol. The maximum absolute atomic E-state index is 12.2. The number of amides is 1. The molecule has 6 nitrogen and oxygen atoms in total. The number of piperidine rings is 1. The molecule has 0 aromatic heterocycles. The van der Waals surface area contributed by atoms with Crippen molar-refractivity contribution in [2.24, 2.45) is 5.92 Å². The van der Waals surface area contributed by atoms with Crippen molar-refractivity contribution in [1.82, 2.24) is 15.5 Å². The number of nitrogens with zero attached hydrogens (tertiary/aromatic N) is 1. The normalized spacial score (nSPS) is 15.2. The molecule has 1 aromatic carbocycles. The Morgan fingerprint density at radius 1 is 1.19 bits per heavy atom. The molecule has 1 aliphatic rings. The molecule has 7 heteroatoms. The Kier molecular flexibility index (Phi) is 10.4. The summed E-state index contributed by atoms with van der Waals surface area (Å²) in [6, 6.07) is 5.69. The van der Waals surface area contributed by atoms with Crippen molar-refractivity contribution in [2.75, 3.05) is 47.4 Å². The van der Waals surface area contributed by atoms with E-state index in [2.05, 4.69) is 15.5 Å². The van der Waals surface area contributed by atoms with Crippen molar-refractivity contribution in [3.8, 4) is 11.5 Å². The van der Waals surface area contributed by atoms with Gasteiger partial charge in [-0.05, 0) is 69.6 Å². The van der Waals surface area contributed by atoms with Crippen LogP contribution in [0.1, 0.15) is 24.8 Å². The van der Waals surface area contributed by atoms with Crippen molar-refractivity contribution in [3.05, 3.63) is 23.8 Å². The highest BCUT2D eigenvalue weighted by Crippen LogP contribution is 2.27. The van der Waals surface area contributed by atoms with Crippen LogP contribution in [0.25, 0.3) is 0 Å². The van der Waals surface area contributed by atoms with E-state index in [0.717, 1.165) is 31.1 Å². The second kappa shape index (κ2) is 12.0. The van der Waals surface area contributed by atoms with Gasteiger partial charge in [-0.1, -0.05) is 6.07 Å². The molecular formula is C19H32ClN3O3. The minimum absolute atomic E-state index is 0. The molecule has 1 aliphatic heterocycles. The molecule has 1 heterocycles. The Bertz CT molecular complexity index is 549. The number of ether oxygens (including phenoxy) is 2. The Labute approximate surface area is 163 Å². The Balaban J connectivity index is 0.00000338. The number of halogens is 1. The zero-order chi connectivity index (χ0) is 18.1. The number of likely N-dealkylation sites (tertiary alicyclic amines) is 1. The fraction of sp³-hybridized carbons (Fsp3) is 0.632. The minimum Gasteiger partial charge on any atom is -0.493 e. The van der Waals surface area contributed by atoms with Gasteiger partial charge in [0.25, 0.3) is 0 Å². The highest BCUT2D eigenvalue weighted by atomic mass is 35.5. The highest BCUT2D eigenvalue weighted by Gasteiger charge is 2.20. The van der Waals surface area contributed by atoms with E-state index in [4.69, 9.17) is 9.47 Å². The molecule has 1 aromatic rings. The van der Waals surface area contributed by atoms with Crippen LogP contribution in [0.3, 0.4) is 0 Å². The zero-order valence-electron chi connectivity index (χ0n) is 16.0. The summed E-state index contributed by atoms with van der Waals surface area (Å²) in [6.45, 7) is 4.08. The second-order valence-electron chi connectivity index (χ2n) is 6.58. The predicted octanol–water partition coefficient (Wildman–Crippen LogP) is 2.06. The van der Waals surface area contributed by atoms with Crippen molar-refractivity contribution < 1.29 is 14.3 Å². The van der Waals surface area contributed by atoms with Crippen LogP contribution in [0.4, 0.5) is 0 Å². The molecule has 148 valence electrons. The van der Waals surface area contributed by atoms with Gasteiger partial charge in [-0.3, -0.25) is 9.69 Å². The molecule has 0 bridgehead atoms. The van der Waals surface area contributed by atoms with Crippen molar-refractivity contribution >= 4 is 18.3 Å². The van der Waals surface area contributed by atoms with Gasteiger partial charge in [-0.2, -0.15) is 0 Å². The highest BCUT2D eigenvalue weighted by molar-refractivity contribution is 5.85. The van der Waals surface area contributed by atoms with Gasteiger partial charge >= 0.3 is 0 Å². The number of nitrogens with one attached hydrogen (secondary N) is 2. The lowest BCUT2D eigenvalue weighted by Crippen LogP contribution is -2.41. The molecule has 26 heavy (non-hydrogen) atoms. The van der Waals surface area contributed by atoms with Crippen LogP contribution in [0, 0.1) is 5.92 Å². The molecule has 1 amide bonds. The Morgan fingerprint density at radius 2 is 1.88 bits per heavy atom. The lowest BCUT2D eigenvalue weighted by atomic mass is 9.93. The van der Waals surface area contributed by atoms with Crippen LogP contribution < -0.4 is 20.1 Å². The average molecular weight is 386 g/mol. The SMILES string of the molecule is CNCCC1CCN(CC(=O)NCc2ccc(OC)c(OC)c2)CC1.Cl. The number of hydrogen-bond acceptors (Lipinski definition) is 5. The van der Waals surface area contributed by atoms with Crippen molar-refractivity contribution in [3.63, 3.8) is 0 Å². The summed E-state index contributed by atoms with van der Waals surface area (Å²) in [4.78, 5) is 14.4. The van der Waals surface area contributed by atoms with Crippen LogP contribution in [0.2, 0.25) is 0 Å². The topological polar surface area (TPSA) is 62.8 Å². The van der Waals surface area contributed by atoms with Gasteiger partial charge in [-0.15, -0.1) is 12.4 Å². The molecule has 0 saturated carbocycles. The lowest BCUT2D eigenvalue weighted by molar-refractivity contribution is -0.122. The van der Waals surface area contributed by atoms with Gasteiger partial charge in [0.15, 0.2) is 11.5 Å². The average Bonchev–Trinajstić information content (AvgIpc) is 2.65. The number of benzene rings is 1. The summed E-state index contributed by atoms with van der Waals surface area (Å²) in [5.74, 6) is 2.23. The van der Waals surface area contributed by atoms with Gasteiger partial charge in [0.05, 0.1) is 20.8 Å². The molecule has 0 atom stereocenters. The summed E-state index contributed by atoms with van der Waals surface area (Å²) in [7, 11) is 5.22. The lowest BCUT2D eigenvalue weighted by Gasteiger charge is -2.31. The number of carbonyl (C=O) groups excluding carboxylic acids is 1. The maximum atomic E-state index is 12.2. The number of carbonyl (C=O) groups is 1. The fourth-order valence-electron chi connectivity index (χ4n) is 3.23. The van der Waals surface area contributed by atoms with Crippen LogP contribution in [0.15, 0.2) is 18.2 Å². The van der Waals surface area contributed by atoms with E-state index in [1.165, 1.54) is 19.3 Å². The standard InChI is InChI=1S/C19H31N3O3.ClH/c1-20-9-6-15-7-10-22(11-8-15)14-19(23)21-13-16-4-5-17(24-2)18(12-16)25-3;/h4-5,12,15,20H,6-11,13-14H2,1-3H3,(H,21,23);1H. The van der Waals surface area contributed by atoms with Crippen LogP contribution >= 0.6 is 12.4 Å². The molecule has 1 saturated heterocycles. The van der Waals surface area contributed by atoms with Crippen molar-refractivity contribution in [1.29, 1.82) is 0 Å². The summed E-state index contributed by atoms with van der Waals surface area (Å²) in [5, 5.41) is 6.21. The molecular weight excluding hydrogens is 354 g/mol. The van der Waals surface area contributed by atoms with Gasteiger partial charge in [0.2, 0.25) is 5.91 Å². The van der Waals surface area contributed by atoms with E-state index in [1.54, 1.807) is 14.2 Å². The van der Waals surface area contributed by atoms with E-state index in [0.29, 0.717) is 24.6 Å². The summed E-state index contributed by atoms with van der Waals surface area (Å²) in [6.07, 6.45) is 3.60. The predicted molar refractivity (Wildman–Crippen MR) is 106 cm³/mol. The molecule has 0 radical (unpaired) electrons. The second-order valence-corrected chi connectivity index (χ2v) is 6.58. The molecule has 1 fully saturated rings. The van der Waals surface area contributed by atoms with Gasteiger partial charge in [-0.25, -0.2) is 0 Å².